The van der Waals surface area contributed by atoms with Crippen molar-refractivity contribution in [1.82, 2.24) is 0 Å². The Labute approximate surface area is 182 Å². The third-order valence-electron chi connectivity index (χ3n) is 5.17. The van der Waals surface area contributed by atoms with E-state index >= 15 is 0 Å². The molecular weight excluding hydrogens is 392 g/mol. The van der Waals surface area contributed by atoms with Gasteiger partial charge in [-0.25, -0.2) is 0 Å². The molecule has 0 spiro atoms. The van der Waals surface area contributed by atoms with Crippen LogP contribution >= 0.6 is 11.8 Å². The second-order valence-corrected chi connectivity index (χ2v) is 8.50. The summed E-state index contributed by atoms with van der Waals surface area (Å²) in [5, 5.41) is 3.80. The molecule has 0 aliphatic carbocycles. The molecule has 0 saturated heterocycles. The van der Waals surface area contributed by atoms with E-state index in [1.165, 1.54) is 11.3 Å². The highest BCUT2D eigenvalue weighted by molar-refractivity contribution is 7.99. The fourth-order valence-electron chi connectivity index (χ4n) is 3.40. The molecule has 0 aromatic heterocycles. The summed E-state index contributed by atoms with van der Waals surface area (Å²) in [6.45, 7) is 0. The Hall–Kier alpha value is -3.05. The van der Waals surface area contributed by atoms with Gasteiger partial charge in [0, 0.05) is 30.4 Å². The maximum Gasteiger partial charge on any atom is 0.120 e. The van der Waals surface area contributed by atoms with Crippen molar-refractivity contribution < 1.29 is 9.47 Å². The van der Waals surface area contributed by atoms with Crippen molar-refractivity contribution in [3.05, 3.63) is 83.9 Å². The molecule has 5 heteroatoms. The summed E-state index contributed by atoms with van der Waals surface area (Å²) in [6.07, 6.45) is 2.30. The average molecular weight is 419 g/mol. The van der Waals surface area contributed by atoms with Gasteiger partial charge in [-0.15, -0.1) is 11.8 Å². The van der Waals surface area contributed by atoms with Gasteiger partial charge in [-0.1, -0.05) is 12.1 Å². The van der Waals surface area contributed by atoms with E-state index in [1.807, 2.05) is 30.0 Å². The first-order chi connectivity index (χ1) is 14.6. The Bertz CT molecular complexity index is 1040. The van der Waals surface area contributed by atoms with Crippen LogP contribution in [0, 0.1) is 0 Å². The van der Waals surface area contributed by atoms with Gasteiger partial charge in [-0.05, 0) is 71.8 Å². The van der Waals surface area contributed by atoms with Crippen molar-refractivity contribution in [2.75, 3.05) is 38.5 Å². The van der Waals surface area contributed by atoms with Crippen LogP contribution in [0.4, 0.5) is 11.4 Å². The molecule has 3 aromatic carbocycles. The predicted molar refractivity (Wildman–Crippen MR) is 127 cm³/mol. The number of rotatable bonds is 5. The van der Waals surface area contributed by atoms with Gasteiger partial charge in [-0.3, -0.25) is 0 Å². The Balaban J connectivity index is 1.76. The minimum atomic E-state index is 0.166. The molecule has 0 unspecified atom stereocenters. The number of ether oxygens (including phenoxy) is 2. The first-order valence-electron chi connectivity index (χ1n) is 9.82. The van der Waals surface area contributed by atoms with E-state index in [-0.39, 0.29) is 5.25 Å². The van der Waals surface area contributed by atoms with Gasteiger partial charge in [0.05, 0.1) is 25.2 Å². The van der Waals surface area contributed by atoms with Crippen molar-refractivity contribution in [2.45, 2.75) is 10.1 Å². The van der Waals surface area contributed by atoms with Crippen molar-refractivity contribution in [3.63, 3.8) is 0 Å². The molecule has 1 atom stereocenters. The number of thioether (sulfide) groups is 1. The lowest BCUT2D eigenvalue weighted by Gasteiger charge is -2.16. The highest BCUT2D eigenvalue weighted by Gasteiger charge is 2.20. The summed E-state index contributed by atoms with van der Waals surface area (Å²) in [5.41, 5.74) is 5.73. The molecule has 4 rings (SSSR count). The fraction of sp³-hybridized carbons (Fsp3) is 0.200. The Kier molecular flexibility index (Phi) is 5.91. The number of benzene rings is 3. The quantitative estimate of drug-likeness (QED) is 0.544. The molecule has 0 amide bonds. The Morgan fingerprint density at radius 3 is 2.13 bits per heavy atom. The van der Waals surface area contributed by atoms with E-state index in [1.54, 1.807) is 14.2 Å². The first kappa shape index (κ1) is 20.2. The molecule has 1 aliphatic heterocycles. The number of fused-ring (bicyclic) bond motifs is 1. The van der Waals surface area contributed by atoms with E-state index in [4.69, 9.17) is 9.47 Å². The number of nitrogens with zero attached hydrogens (tertiary/aromatic N) is 1. The minimum Gasteiger partial charge on any atom is -0.497 e. The van der Waals surface area contributed by atoms with E-state index in [0.29, 0.717) is 0 Å². The number of methoxy groups -OCH3 is 2. The lowest BCUT2D eigenvalue weighted by molar-refractivity contribution is 0.414. The second kappa shape index (κ2) is 8.76. The van der Waals surface area contributed by atoms with E-state index in [2.05, 4.69) is 78.9 Å². The summed E-state index contributed by atoms with van der Waals surface area (Å²) in [7, 11) is 7.51. The van der Waals surface area contributed by atoms with Crippen molar-refractivity contribution in [3.8, 4) is 11.5 Å². The van der Waals surface area contributed by atoms with Crippen LogP contribution in [0.5, 0.6) is 11.5 Å². The standard InChI is InChI=1S/C25H26N2O2S/c1-27(2)19-9-5-18(6-10-19)24-16-23(17-7-11-20(28-3)12-8-17)26-22-14-13-21(29-4)15-25(22)30-24/h5-16,24,26H,1-4H3/t24-/m1/s1. The third-order valence-corrected chi connectivity index (χ3v) is 6.42. The molecule has 0 fully saturated rings. The average Bonchev–Trinajstić information content (AvgIpc) is 2.98. The van der Waals surface area contributed by atoms with Crippen LogP contribution in [-0.2, 0) is 0 Å². The Morgan fingerprint density at radius 2 is 1.50 bits per heavy atom. The largest absolute Gasteiger partial charge is 0.497 e. The zero-order chi connectivity index (χ0) is 21.1. The monoisotopic (exact) mass is 418 g/mol. The van der Waals surface area contributed by atoms with Gasteiger partial charge >= 0.3 is 0 Å². The zero-order valence-electron chi connectivity index (χ0n) is 17.7. The predicted octanol–water partition coefficient (Wildman–Crippen LogP) is 6.07. The van der Waals surface area contributed by atoms with Crippen LogP contribution in [0.1, 0.15) is 16.4 Å². The highest BCUT2D eigenvalue weighted by atomic mass is 32.2. The molecule has 0 radical (unpaired) electrons. The number of hydrogen-bond donors (Lipinski definition) is 1. The molecular formula is C25H26N2O2S. The first-order valence-corrected chi connectivity index (χ1v) is 10.7. The SMILES string of the molecule is COc1ccc(C2=C[C@H](c3ccc(N(C)C)cc3)Sc3cc(OC)ccc3N2)cc1. The third kappa shape index (κ3) is 4.26. The fourth-order valence-corrected chi connectivity index (χ4v) is 4.61. The van der Waals surface area contributed by atoms with E-state index in [9.17, 15) is 0 Å². The summed E-state index contributed by atoms with van der Waals surface area (Å²) in [5.74, 6) is 1.71. The molecule has 1 N–H and O–H groups in total. The number of hydrogen-bond acceptors (Lipinski definition) is 5. The smallest absolute Gasteiger partial charge is 0.120 e. The summed E-state index contributed by atoms with van der Waals surface area (Å²) in [6, 6.07) is 23.1. The highest BCUT2D eigenvalue weighted by Crippen LogP contribution is 2.46. The van der Waals surface area contributed by atoms with Gasteiger partial charge in [0.25, 0.3) is 0 Å². The number of anilines is 2. The molecule has 30 heavy (non-hydrogen) atoms. The molecule has 3 aromatic rings. The van der Waals surface area contributed by atoms with Gasteiger partial charge in [0.1, 0.15) is 11.5 Å². The molecule has 1 heterocycles. The normalized spacial score (nSPS) is 15.3. The van der Waals surface area contributed by atoms with Crippen LogP contribution in [0.2, 0.25) is 0 Å². The molecule has 154 valence electrons. The van der Waals surface area contributed by atoms with Gasteiger partial charge in [0.2, 0.25) is 0 Å². The van der Waals surface area contributed by atoms with Gasteiger partial charge in [-0.2, -0.15) is 0 Å². The van der Waals surface area contributed by atoms with Gasteiger partial charge < -0.3 is 19.7 Å². The van der Waals surface area contributed by atoms with Crippen LogP contribution in [0.25, 0.3) is 5.70 Å². The van der Waals surface area contributed by atoms with E-state index in [0.717, 1.165) is 33.3 Å². The number of nitrogens with one attached hydrogen (secondary N) is 1. The summed E-state index contributed by atoms with van der Waals surface area (Å²) in [4.78, 5) is 3.28. The van der Waals surface area contributed by atoms with Crippen LogP contribution in [0.15, 0.2) is 77.7 Å². The van der Waals surface area contributed by atoms with Gasteiger partial charge in [0.15, 0.2) is 0 Å². The van der Waals surface area contributed by atoms with Crippen molar-refractivity contribution >= 4 is 28.8 Å². The Morgan fingerprint density at radius 1 is 0.833 bits per heavy atom. The molecule has 4 nitrogen and oxygen atoms in total. The maximum absolute atomic E-state index is 5.46. The summed E-state index contributed by atoms with van der Waals surface area (Å²) < 4.78 is 10.8. The lowest BCUT2D eigenvalue weighted by atomic mass is 10.1. The second-order valence-electron chi connectivity index (χ2n) is 7.32. The maximum atomic E-state index is 5.46. The minimum absolute atomic E-state index is 0.166. The van der Waals surface area contributed by atoms with Crippen molar-refractivity contribution in [2.24, 2.45) is 0 Å². The molecule has 1 aliphatic rings. The van der Waals surface area contributed by atoms with Crippen molar-refractivity contribution in [1.29, 1.82) is 0 Å². The molecule has 0 saturated carbocycles. The van der Waals surface area contributed by atoms with Crippen LogP contribution in [-0.4, -0.2) is 28.3 Å². The zero-order valence-corrected chi connectivity index (χ0v) is 18.5. The summed E-state index contributed by atoms with van der Waals surface area (Å²) >= 11 is 1.82. The lowest BCUT2D eigenvalue weighted by Crippen LogP contribution is -2.08. The topological polar surface area (TPSA) is 33.7 Å². The van der Waals surface area contributed by atoms with Crippen LogP contribution in [0.3, 0.4) is 0 Å². The van der Waals surface area contributed by atoms with E-state index < -0.39 is 0 Å². The molecule has 0 bridgehead atoms. The van der Waals surface area contributed by atoms with Crippen LogP contribution < -0.4 is 19.7 Å².